The van der Waals surface area contributed by atoms with Crippen molar-refractivity contribution >= 4 is 15.7 Å². The van der Waals surface area contributed by atoms with Gasteiger partial charge in [-0.2, -0.15) is 4.68 Å². The first kappa shape index (κ1) is 12.2. The lowest BCUT2D eigenvalue weighted by Gasteiger charge is -2.00. The molecule has 10 heteroatoms. The highest BCUT2D eigenvalue weighted by Gasteiger charge is 2.21. The Morgan fingerprint density at radius 1 is 1.56 bits per heavy atom. The van der Waals surface area contributed by atoms with E-state index in [2.05, 4.69) is 25.9 Å². The van der Waals surface area contributed by atoms with Gasteiger partial charge in [-0.05, 0) is 7.05 Å². The molecule has 0 unspecified atom stereocenters. The highest BCUT2D eigenvalue weighted by molar-refractivity contribution is 7.89. The van der Waals surface area contributed by atoms with Gasteiger partial charge in [0, 0.05) is 0 Å². The molecule has 0 saturated carbocycles. The molecule has 0 aliphatic rings. The third-order valence-corrected chi connectivity index (χ3v) is 3.48. The number of nitrogens with one attached hydrogen (secondary N) is 1. The van der Waals surface area contributed by atoms with Crippen LogP contribution in [0.4, 0.5) is 0 Å². The van der Waals surface area contributed by atoms with Crippen molar-refractivity contribution in [1.29, 1.82) is 0 Å². The van der Waals surface area contributed by atoms with Crippen molar-refractivity contribution in [3.63, 3.8) is 0 Å². The zero-order valence-corrected chi connectivity index (χ0v) is 10.0. The minimum absolute atomic E-state index is 0.0614. The molecule has 18 heavy (non-hydrogen) atoms. The molecule has 0 aromatic carbocycles. The van der Waals surface area contributed by atoms with Crippen LogP contribution in [0.2, 0.25) is 0 Å². The topological polar surface area (TPSA) is 111 Å². The molecule has 0 saturated heterocycles. The Bertz CT molecular complexity index is 796. The second-order valence-electron chi connectivity index (χ2n) is 3.18. The van der Waals surface area contributed by atoms with Crippen LogP contribution in [0.25, 0.3) is 5.65 Å². The van der Waals surface area contributed by atoms with E-state index < -0.39 is 15.7 Å². The van der Waals surface area contributed by atoms with Crippen LogP contribution < -0.4 is 10.4 Å². The van der Waals surface area contributed by atoms with Crippen molar-refractivity contribution < 1.29 is 8.42 Å². The van der Waals surface area contributed by atoms with E-state index in [1.54, 1.807) is 0 Å². The zero-order chi connectivity index (χ0) is 13.3. The summed E-state index contributed by atoms with van der Waals surface area (Å²) in [5, 5.41) is 6.81. The normalized spacial score (nSPS) is 11.6. The van der Waals surface area contributed by atoms with Gasteiger partial charge < -0.3 is 0 Å². The first-order valence-electron chi connectivity index (χ1n) is 4.69. The predicted molar refractivity (Wildman–Crippen MR) is 60.1 cm³/mol. The Kier molecular flexibility index (Phi) is 2.85. The molecule has 0 spiro atoms. The summed E-state index contributed by atoms with van der Waals surface area (Å²) in [5.41, 5.74) is -0.759. The van der Waals surface area contributed by atoms with Gasteiger partial charge in [0.1, 0.15) is 12.9 Å². The number of imidazole rings is 1. The van der Waals surface area contributed by atoms with Gasteiger partial charge in [-0.15, -0.1) is 11.5 Å². The Balaban J connectivity index is 2.76. The van der Waals surface area contributed by atoms with Crippen LogP contribution in [0.5, 0.6) is 0 Å². The highest BCUT2D eigenvalue weighted by atomic mass is 32.2. The lowest BCUT2D eigenvalue weighted by molar-refractivity contribution is 0.571. The Labute approximate surface area is 102 Å². The van der Waals surface area contributed by atoms with E-state index in [-0.39, 0.29) is 17.2 Å². The van der Waals surface area contributed by atoms with Crippen LogP contribution in [0.1, 0.15) is 0 Å². The Morgan fingerprint density at radius 3 is 2.89 bits per heavy atom. The summed E-state index contributed by atoms with van der Waals surface area (Å²) in [6, 6.07) is 0. The van der Waals surface area contributed by atoms with Crippen molar-refractivity contribution in [3.8, 4) is 12.3 Å². The van der Waals surface area contributed by atoms with Crippen molar-refractivity contribution in [3.05, 3.63) is 16.8 Å². The average Bonchev–Trinajstić information content (AvgIpc) is 2.78. The monoisotopic (exact) mass is 268 g/mol. The number of terminal acetylenes is 1. The van der Waals surface area contributed by atoms with Gasteiger partial charge in [0.25, 0.3) is 10.0 Å². The summed E-state index contributed by atoms with van der Waals surface area (Å²) in [5.74, 6) is 2.23. The number of hydrogen-bond acceptors (Lipinski definition) is 6. The lowest BCUT2D eigenvalue weighted by atomic mass is 10.7. The van der Waals surface area contributed by atoms with Gasteiger partial charge in [-0.25, -0.2) is 27.3 Å². The third-order valence-electron chi connectivity index (χ3n) is 2.15. The summed E-state index contributed by atoms with van der Waals surface area (Å²) in [4.78, 5) is 15.5. The van der Waals surface area contributed by atoms with Gasteiger partial charge in [-0.3, -0.25) is 0 Å². The fraction of sp³-hybridized carbons (Fsp3) is 0.250. The summed E-state index contributed by atoms with van der Waals surface area (Å²) in [6.45, 7) is -0.0614. The molecule has 2 heterocycles. The number of fused-ring (bicyclic) bond motifs is 1. The van der Waals surface area contributed by atoms with Crippen molar-refractivity contribution in [2.45, 2.75) is 11.6 Å². The standard InChI is InChI=1S/C8H8N6O3S/c1-3-4-14-8(15)13-5-10-7(6(13)11-12-14)18(16,17)9-2/h1,5,9H,4H2,2H3. The van der Waals surface area contributed by atoms with E-state index in [0.29, 0.717) is 0 Å². The van der Waals surface area contributed by atoms with E-state index in [0.717, 1.165) is 15.4 Å². The minimum atomic E-state index is -3.80. The van der Waals surface area contributed by atoms with E-state index in [4.69, 9.17) is 6.42 Å². The molecule has 94 valence electrons. The third kappa shape index (κ3) is 1.75. The smallest absolute Gasteiger partial charge is 0.245 e. The molecule has 0 aliphatic heterocycles. The number of aromatic nitrogens is 5. The van der Waals surface area contributed by atoms with Crippen LogP contribution in [0.15, 0.2) is 16.1 Å². The molecule has 0 radical (unpaired) electrons. The molecule has 9 nitrogen and oxygen atoms in total. The fourth-order valence-electron chi connectivity index (χ4n) is 1.29. The molecule has 0 bridgehead atoms. The van der Waals surface area contributed by atoms with Gasteiger partial charge in [0.2, 0.25) is 10.7 Å². The molecule has 1 N–H and O–H groups in total. The zero-order valence-electron chi connectivity index (χ0n) is 9.23. The molecular formula is C8H8N6O3S. The van der Waals surface area contributed by atoms with Gasteiger partial charge >= 0.3 is 5.69 Å². The van der Waals surface area contributed by atoms with E-state index >= 15 is 0 Å². The maximum Gasteiger partial charge on any atom is 0.353 e. The molecule has 0 fully saturated rings. The SMILES string of the molecule is C#CCn1nnc2c(S(=O)(=O)NC)ncn2c1=O. The molecule has 2 aromatic heterocycles. The minimum Gasteiger partial charge on any atom is -0.245 e. The van der Waals surface area contributed by atoms with Crippen LogP contribution in [0, 0.1) is 12.3 Å². The number of hydrogen-bond donors (Lipinski definition) is 1. The number of rotatable bonds is 3. The van der Waals surface area contributed by atoms with Gasteiger partial charge in [-0.1, -0.05) is 11.1 Å². The lowest BCUT2D eigenvalue weighted by Crippen LogP contribution is -2.30. The number of nitrogens with zero attached hydrogens (tertiary/aromatic N) is 5. The van der Waals surface area contributed by atoms with E-state index in [9.17, 15) is 13.2 Å². The Hall–Kier alpha value is -2.25. The maximum atomic E-state index is 11.8. The van der Waals surface area contributed by atoms with Crippen molar-refractivity contribution in [2.24, 2.45) is 0 Å². The summed E-state index contributed by atoms with van der Waals surface area (Å²) in [7, 11) is -2.57. The summed E-state index contributed by atoms with van der Waals surface area (Å²) >= 11 is 0. The van der Waals surface area contributed by atoms with Gasteiger partial charge in [0.05, 0.1) is 0 Å². The first-order valence-corrected chi connectivity index (χ1v) is 6.17. The van der Waals surface area contributed by atoms with Crippen LogP contribution >= 0.6 is 0 Å². The second-order valence-corrected chi connectivity index (χ2v) is 4.99. The molecular weight excluding hydrogens is 260 g/mol. The largest absolute Gasteiger partial charge is 0.353 e. The molecule has 2 aromatic rings. The quantitative estimate of drug-likeness (QED) is 0.634. The molecule has 0 aliphatic carbocycles. The van der Waals surface area contributed by atoms with E-state index in [1.807, 2.05) is 0 Å². The van der Waals surface area contributed by atoms with Crippen molar-refractivity contribution in [1.82, 2.24) is 29.1 Å². The highest BCUT2D eigenvalue weighted by Crippen LogP contribution is 2.09. The predicted octanol–water partition coefficient (Wildman–Crippen LogP) is -2.17. The van der Waals surface area contributed by atoms with E-state index in [1.165, 1.54) is 7.05 Å². The van der Waals surface area contributed by atoms with Crippen LogP contribution in [-0.4, -0.2) is 39.8 Å². The van der Waals surface area contributed by atoms with Crippen LogP contribution in [-0.2, 0) is 16.6 Å². The van der Waals surface area contributed by atoms with Crippen molar-refractivity contribution in [2.75, 3.05) is 7.05 Å². The summed E-state index contributed by atoms with van der Waals surface area (Å²) in [6.07, 6.45) is 6.12. The fourth-order valence-corrected chi connectivity index (χ4v) is 2.05. The number of sulfonamides is 1. The second kappa shape index (κ2) is 4.21. The average molecular weight is 268 g/mol. The first-order chi connectivity index (χ1) is 8.51. The Morgan fingerprint density at radius 2 is 2.28 bits per heavy atom. The molecule has 0 atom stereocenters. The molecule has 0 amide bonds. The van der Waals surface area contributed by atoms with Gasteiger partial charge in [0.15, 0.2) is 0 Å². The van der Waals surface area contributed by atoms with Crippen LogP contribution in [0.3, 0.4) is 0 Å². The molecule has 2 rings (SSSR count). The summed E-state index contributed by atoms with van der Waals surface area (Å²) < 4.78 is 27.2. The maximum absolute atomic E-state index is 11.8.